The number of carbonyl (C=O) groups is 1. The number of thiazole rings is 1. The fourth-order valence-electron chi connectivity index (χ4n) is 4.39. The highest BCUT2D eigenvalue weighted by atomic mass is 32.2. The van der Waals surface area contributed by atoms with Crippen LogP contribution < -0.4 is 5.32 Å². The maximum absolute atomic E-state index is 13.2. The molecular weight excluding hydrogens is 448 g/mol. The second kappa shape index (κ2) is 10.1. The van der Waals surface area contributed by atoms with E-state index in [4.69, 9.17) is 4.42 Å². The number of amides is 1. The van der Waals surface area contributed by atoms with Crippen LogP contribution >= 0.6 is 23.1 Å². The molecule has 1 saturated carbocycles. The molecule has 0 bridgehead atoms. The highest BCUT2D eigenvalue weighted by molar-refractivity contribution is 7.99. The van der Waals surface area contributed by atoms with E-state index in [0.717, 1.165) is 40.0 Å². The van der Waals surface area contributed by atoms with Gasteiger partial charge in [-0.05, 0) is 30.9 Å². The summed E-state index contributed by atoms with van der Waals surface area (Å²) < 4.78 is 6.04. The lowest BCUT2D eigenvalue weighted by Crippen LogP contribution is -2.13. The number of aromatic nitrogens is 1. The lowest BCUT2D eigenvalue weighted by Gasteiger charge is -2.20. The molecule has 2 aromatic heterocycles. The van der Waals surface area contributed by atoms with Crippen molar-refractivity contribution in [2.45, 2.75) is 56.5 Å². The molecule has 170 valence electrons. The quantitative estimate of drug-likeness (QED) is 0.294. The first kappa shape index (κ1) is 22.2. The molecule has 1 N–H and O–H groups in total. The Labute approximate surface area is 202 Å². The number of hydrogen-bond acceptors (Lipinski definition) is 5. The van der Waals surface area contributed by atoms with Crippen molar-refractivity contribution in [2.75, 3.05) is 5.32 Å². The minimum Gasteiger partial charge on any atom is -0.451 e. The van der Waals surface area contributed by atoms with E-state index < -0.39 is 0 Å². The molecule has 0 atom stereocenters. The maximum atomic E-state index is 13.2. The van der Waals surface area contributed by atoms with Crippen LogP contribution in [0.1, 0.15) is 60.7 Å². The standard InChI is InChI=1S/C27H28N2O2S2/c1-2-18-12-14-19(15-13-18)23-17-33-27(28-23)29-26(30)25-22(16-32-20-8-4-3-5-9-20)21-10-6-7-11-24(21)31-25/h6-7,10-15,17,20H,2-5,8-9,16H2,1H3,(H,28,29,30). The molecule has 6 heteroatoms. The van der Waals surface area contributed by atoms with E-state index in [9.17, 15) is 4.79 Å². The maximum Gasteiger partial charge on any atom is 0.293 e. The van der Waals surface area contributed by atoms with Crippen LogP contribution in [0.4, 0.5) is 5.13 Å². The molecule has 33 heavy (non-hydrogen) atoms. The number of thioether (sulfide) groups is 1. The first-order valence-electron chi connectivity index (χ1n) is 11.7. The highest BCUT2D eigenvalue weighted by Gasteiger charge is 2.23. The summed E-state index contributed by atoms with van der Waals surface area (Å²) in [5, 5.41) is 7.24. The molecule has 5 rings (SSSR count). The van der Waals surface area contributed by atoms with Crippen molar-refractivity contribution in [1.82, 2.24) is 4.98 Å². The summed E-state index contributed by atoms with van der Waals surface area (Å²) in [5.74, 6) is 0.966. The number of furan rings is 1. The van der Waals surface area contributed by atoms with Gasteiger partial charge in [0.25, 0.3) is 5.91 Å². The van der Waals surface area contributed by atoms with Crippen LogP contribution in [-0.4, -0.2) is 16.1 Å². The topological polar surface area (TPSA) is 55.1 Å². The molecule has 1 aliphatic carbocycles. The van der Waals surface area contributed by atoms with Crippen LogP contribution in [0.15, 0.2) is 58.3 Å². The Balaban J connectivity index is 1.35. The van der Waals surface area contributed by atoms with Gasteiger partial charge in [0.2, 0.25) is 0 Å². The summed E-state index contributed by atoms with van der Waals surface area (Å²) in [4.78, 5) is 17.9. The van der Waals surface area contributed by atoms with E-state index in [1.165, 1.54) is 49.0 Å². The van der Waals surface area contributed by atoms with Gasteiger partial charge in [0.15, 0.2) is 10.9 Å². The highest BCUT2D eigenvalue weighted by Crippen LogP contribution is 2.35. The average molecular weight is 477 g/mol. The molecule has 1 amide bonds. The molecule has 2 heterocycles. The monoisotopic (exact) mass is 476 g/mol. The van der Waals surface area contributed by atoms with Crippen molar-refractivity contribution in [3.8, 4) is 11.3 Å². The number of carbonyl (C=O) groups excluding carboxylic acids is 1. The zero-order valence-electron chi connectivity index (χ0n) is 18.8. The summed E-state index contributed by atoms with van der Waals surface area (Å²) in [6, 6.07) is 16.3. The molecule has 0 spiro atoms. The Morgan fingerprint density at radius 3 is 2.70 bits per heavy atom. The van der Waals surface area contributed by atoms with E-state index in [1.54, 1.807) is 0 Å². The zero-order chi connectivity index (χ0) is 22.6. The van der Waals surface area contributed by atoms with Gasteiger partial charge in [-0.15, -0.1) is 11.3 Å². The number of anilines is 1. The van der Waals surface area contributed by atoms with Crippen molar-refractivity contribution in [3.63, 3.8) is 0 Å². The molecule has 0 saturated heterocycles. The first-order chi connectivity index (χ1) is 16.2. The lowest BCUT2D eigenvalue weighted by atomic mass is 10.0. The van der Waals surface area contributed by atoms with Crippen LogP contribution in [0, 0.1) is 0 Å². The van der Waals surface area contributed by atoms with Gasteiger partial charge in [0.1, 0.15) is 5.58 Å². The van der Waals surface area contributed by atoms with Crippen LogP contribution in [0.3, 0.4) is 0 Å². The van der Waals surface area contributed by atoms with Crippen molar-refractivity contribution >= 4 is 45.1 Å². The third-order valence-corrected chi connectivity index (χ3v) is 8.46. The Morgan fingerprint density at radius 2 is 1.91 bits per heavy atom. The molecule has 4 nitrogen and oxygen atoms in total. The van der Waals surface area contributed by atoms with Gasteiger partial charge in [-0.3, -0.25) is 10.1 Å². The van der Waals surface area contributed by atoms with Gasteiger partial charge >= 0.3 is 0 Å². The number of benzene rings is 2. The number of fused-ring (bicyclic) bond motifs is 1. The minimum absolute atomic E-state index is 0.229. The minimum atomic E-state index is -0.229. The third kappa shape index (κ3) is 5.02. The Kier molecular flexibility index (Phi) is 6.83. The summed E-state index contributed by atoms with van der Waals surface area (Å²) in [7, 11) is 0. The Bertz CT molecular complexity index is 1240. The Morgan fingerprint density at radius 1 is 1.12 bits per heavy atom. The van der Waals surface area contributed by atoms with Crippen molar-refractivity contribution in [2.24, 2.45) is 0 Å². The zero-order valence-corrected chi connectivity index (χ0v) is 20.4. The second-order valence-electron chi connectivity index (χ2n) is 8.52. The molecule has 1 aliphatic rings. The van der Waals surface area contributed by atoms with E-state index in [-0.39, 0.29) is 5.91 Å². The summed E-state index contributed by atoms with van der Waals surface area (Å²) >= 11 is 3.40. The summed E-state index contributed by atoms with van der Waals surface area (Å²) in [5.41, 5.74) is 4.97. The smallest absolute Gasteiger partial charge is 0.293 e. The molecule has 2 aromatic carbocycles. The van der Waals surface area contributed by atoms with E-state index >= 15 is 0 Å². The number of aryl methyl sites for hydroxylation is 1. The van der Waals surface area contributed by atoms with Gasteiger partial charge in [-0.25, -0.2) is 4.98 Å². The number of para-hydroxylation sites is 1. The molecule has 1 fully saturated rings. The molecule has 0 radical (unpaired) electrons. The number of rotatable bonds is 7. The normalized spacial score (nSPS) is 14.6. The third-order valence-electron chi connectivity index (χ3n) is 6.30. The fraction of sp³-hybridized carbons (Fsp3) is 0.333. The van der Waals surface area contributed by atoms with Gasteiger partial charge in [-0.2, -0.15) is 11.8 Å². The van der Waals surface area contributed by atoms with Gasteiger partial charge in [0.05, 0.1) is 5.69 Å². The predicted octanol–water partition coefficient (Wildman–Crippen LogP) is 7.94. The van der Waals surface area contributed by atoms with Crippen molar-refractivity contribution in [1.29, 1.82) is 0 Å². The number of nitrogens with one attached hydrogen (secondary N) is 1. The summed E-state index contributed by atoms with van der Waals surface area (Å²) in [6.07, 6.45) is 7.51. The SMILES string of the molecule is CCc1ccc(-c2csc(NC(=O)c3oc4ccccc4c3CSC3CCCCC3)n2)cc1. The molecular formula is C27H28N2O2S2. The summed E-state index contributed by atoms with van der Waals surface area (Å²) in [6.45, 7) is 2.14. The van der Waals surface area contributed by atoms with Crippen LogP contribution in [0.5, 0.6) is 0 Å². The van der Waals surface area contributed by atoms with Crippen molar-refractivity contribution < 1.29 is 9.21 Å². The number of hydrogen-bond donors (Lipinski definition) is 1. The predicted molar refractivity (Wildman–Crippen MR) is 139 cm³/mol. The van der Waals surface area contributed by atoms with Gasteiger partial charge in [0, 0.05) is 32.9 Å². The first-order valence-corrected chi connectivity index (χ1v) is 13.6. The lowest BCUT2D eigenvalue weighted by molar-refractivity contribution is 0.0998. The average Bonchev–Trinajstić information content (AvgIpc) is 3.48. The molecule has 4 aromatic rings. The van der Waals surface area contributed by atoms with E-state index in [1.807, 2.05) is 41.4 Å². The van der Waals surface area contributed by atoms with E-state index in [2.05, 4.69) is 41.5 Å². The van der Waals surface area contributed by atoms with Crippen LogP contribution in [0.2, 0.25) is 0 Å². The largest absolute Gasteiger partial charge is 0.451 e. The number of nitrogens with zero attached hydrogens (tertiary/aromatic N) is 1. The van der Waals surface area contributed by atoms with E-state index in [0.29, 0.717) is 16.1 Å². The van der Waals surface area contributed by atoms with Crippen molar-refractivity contribution in [3.05, 3.63) is 70.8 Å². The molecule has 0 aliphatic heterocycles. The van der Waals surface area contributed by atoms with Gasteiger partial charge in [-0.1, -0.05) is 68.7 Å². The van der Waals surface area contributed by atoms with Crippen LogP contribution in [-0.2, 0) is 12.2 Å². The molecule has 0 unspecified atom stereocenters. The Hall–Kier alpha value is -2.57. The fourth-order valence-corrected chi connectivity index (χ4v) is 6.46. The van der Waals surface area contributed by atoms with Gasteiger partial charge < -0.3 is 4.42 Å². The second-order valence-corrected chi connectivity index (χ2v) is 10.7. The van der Waals surface area contributed by atoms with Crippen LogP contribution in [0.25, 0.3) is 22.2 Å².